The maximum absolute atomic E-state index is 5.13. The van der Waals surface area contributed by atoms with Gasteiger partial charge < -0.3 is 10.1 Å². The number of thioether (sulfide) groups is 1. The van der Waals surface area contributed by atoms with Crippen LogP contribution in [0.5, 0.6) is 5.75 Å². The molecule has 0 radical (unpaired) electrons. The fourth-order valence-corrected chi connectivity index (χ4v) is 2.88. The van der Waals surface area contributed by atoms with Gasteiger partial charge in [-0.25, -0.2) is 0 Å². The van der Waals surface area contributed by atoms with Crippen LogP contribution in [0, 0.1) is 0 Å². The molecule has 1 aliphatic heterocycles. The summed E-state index contributed by atoms with van der Waals surface area (Å²) in [5, 5.41) is 3.94. The standard InChI is InChI=1S/C11H15NOS/c1-12-10-7-14-11(10)8-3-5-9(13-2)6-4-8/h3-6,10-12H,7H2,1-2H3. The van der Waals surface area contributed by atoms with E-state index in [0.717, 1.165) is 5.75 Å². The van der Waals surface area contributed by atoms with Gasteiger partial charge in [0.25, 0.3) is 0 Å². The third kappa shape index (κ3) is 1.74. The highest BCUT2D eigenvalue weighted by molar-refractivity contribution is 8.01. The molecule has 1 saturated heterocycles. The molecule has 1 aromatic carbocycles. The lowest BCUT2D eigenvalue weighted by molar-refractivity contribution is 0.414. The highest BCUT2D eigenvalue weighted by Gasteiger charge is 2.31. The Hall–Kier alpha value is -0.670. The lowest BCUT2D eigenvalue weighted by atomic mass is 10.1. The largest absolute Gasteiger partial charge is 0.497 e. The van der Waals surface area contributed by atoms with Gasteiger partial charge >= 0.3 is 0 Å². The number of nitrogens with one attached hydrogen (secondary N) is 1. The maximum atomic E-state index is 5.13. The molecule has 2 atom stereocenters. The van der Waals surface area contributed by atoms with Gasteiger partial charge in [-0.2, -0.15) is 11.8 Å². The molecule has 3 heteroatoms. The summed E-state index contributed by atoms with van der Waals surface area (Å²) < 4.78 is 5.13. The number of rotatable bonds is 3. The molecule has 1 aromatic rings. The van der Waals surface area contributed by atoms with Crippen molar-refractivity contribution in [2.45, 2.75) is 11.3 Å². The van der Waals surface area contributed by atoms with Gasteiger partial charge in [0.2, 0.25) is 0 Å². The van der Waals surface area contributed by atoms with Crippen molar-refractivity contribution in [1.29, 1.82) is 0 Å². The predicted octanol–water partition coefficient (Wildman–Crippen LogP) is 2.07. The van der Waals surface area contributed by atoms with Crippen molar-refractivity contribution in [2.24, 2.45) is 0 Å². The molecule has 1 aliphatic rings. The zero-order chi connectivity index (χ0) is 9.97. The summed E-state index contributed by atoms with van der Waals surface area (Å²) in [6.45, 7) is 0. The van der Waals surface area contributed by atoms with E-state index in [1.807, 2.05) is 30.9 Å². The Morgan fingerprint density at radius 1 is 1.36 bits per heavy atom. The zero-order valence-corrected chi connectivity index (χ0v) is 9.30. The highest BCUT2D eigenvalue weighted by Crippen LogP contribution is 2.42. The van der Waals surface area contributed by atoms with Crippen LogP contribution >= 0.6 is 11.8 Å². The lowest BCUT2D eigenvalue weighted by Crippen LogP contribution is -2.40. The molecule has 0 spiro atoms. The molecule has 0 saturated carbocycles. The fourth-order valence-electron chi connectivity index (χ4n) is 1.65. The van der Waals surface area contributed by atoms with Crippen molar-refractivity contribution in [2.75, 3.05) is 19.9 Å². The van der Waals surface area contributed by atoms with Crippen LogP contribution in [0.15, 0.2) is 24.3 Å². The monoisotopic (exact) mass is 209 g/mol. The van der Waals surface area contributed by atoms with Crippen molar-refractivity contribution < 1.29 is 4.74 Å². The van der Waals surface area contributed by atoms with Crippen molar-refractivity contribution in [3.63, 3.8) is 0 Å². The summed E-state index contributed by atoms with van der Waals surface area (Å²) in [4.78, 5) is 0. The summed E-state index contributed by atoms with van der Waals surface area (Å²) in [7, 11) is 3.73. The molecule has 1 heterocycles. The highest BCUT2D eigenvalue weighted by atomic mass is 32.2. The Kier molecular flexibility index (Phi) is 2.99. The van der Waals surface area contributed by atoms with Crippen molar-refractivity contribution in [3.05, 3.63) is 29.8 Å². The second kappa shape index (κ2) is 4.24. The van der Waals surface area contributed by atoms with E-state index in [1.165, 1.54) is 11.3 Å². The molecule has 1 N–H and O–H groups in total. The van der Waals surface area contributed by atoms with E-state index in [2.05, 4.69) is 17.4 Å². The van der Waals surface area contributed by atoms with E-state index in [4.69, 9.17) is 4.74 Å². The summed E-state index contributed by atoms with van der Waals surface area (Å²) in [6, 6.07) is 9.00. The van der Waals surface area contributed by atoms with E-state index in [-0.39, 0.29) is 0 Å². The minimum Gasteiger partial charge on any atom is -0.497 e. The molecule has 0 aliphatic carbocycles. The molecule has 0 aromatic heterocycles. The molecule has 2 rings (SSSR count). The molecule has 0 amide bonds. The van der Waals surface area contributed by atoms with Gasteiger partial charge in [0.1, 0.15) is 5.75 Å². The Bertz CT molecular complexity index is 297. The smallest absolute Gasteiger partial charge is 0.118 e. The minimum absolute atomic E-state index is 0.617. The molecular weight excluding hydrogens is 194 g/mol. The first-order valence-electron chi connectivity index (χ1n) is 4.78. The van der Waals surface area contributed by atoms with E-state index in [0.29, 0.717) is 11.3 Å². The van der Waals surface area contributed by atoms with Gasteiger partial charge in [-0.3, -0.25) is 0 Å². The normalized spacial score (nSPS) is 25.6. The first-order valence-corrected chi connectivity index (χ1v) is 5.83. The molecule has 76 valence electrons. The van der Waals surface area contributed by atoms with Crippen LogP contribution in [0.1, 0.15) is 10.8 Å². The SMILES string of the molecule is CNC1CSC1c1ccc(OC)cc1. The zero-order valence-electron chi connectivity index (χ0n) is 8.49. The predicted molar refractivity (Wildman–Crippen MR) is 61.0 cm³/mol. The average molecular weight is 209 g/mol. The number of hydrogen-bond donors (Lipinski definition) is 1. The number of hydrogen-bond acceptors (Lipinski definition) is 3. The van der Waals surface area contributed by atoms with Gasteiger partial charge in [0, 0.05) is 17.0 Å². The molecule has 1 fully saturated rings. The van der Waals surface area contributed by atoms with Gasteiger partial charge in [-0.15, -0.1) is 0 Å². The Labute approximate surface area is 89.0 Å². The third-order valence-corrected chi connectivity index (χ3v) is 4.15. The minimum atomic E-state index is 0.617. The van der Waals surface area contributed by atoms with Crippen LogP contribution < -0.4 is 10.1 Å². The number of ether oxygens (including phenoxy) is 1. The molecular formula is C11H15NOS. The second-order valence-electron chi connectivity index (χ2n) is 3.42. The number of methoxy groups -OCH3 is 1. The first kappa shape index (κ1) is 9.87. The van der Waals surface area contributed by atoms with Gasteiger partial charge in [-0.1, -0.05) is 12.1 Å². The van der Waals surface area contributed by atoms with Crippen LogP contribution in [0.3, 0.4) is 0 Å². The van der Waals surface area contributed by atoms with Crippen molar-refractivity contribution >= 4 is 11.8 Å². The van der Waals surface area contributed by atoms with Gasteiger partial charge in [0.05, 0.1) is 7.11 Å². The van der Waals surface area contributed by atoms with Gasteiger partial charge in [0.15, 0.2) is 0 Å². The van der Waals surface area contributed by atoms with E-state index < -0.39 is 0 Å². The fraction of sp³-hybridized carbons (Fsp3) is 0.455. The molecule has 14 heavy (non-hydrogen) atoms. The summed E-state index contributed by atoms with van der Waals surface area (Å²) in [5.74, 6) is 2.15. The van der Waals surface area contributed by atoms with Crippen LogP contribution in [0.25, 0.3) is 0 Å². The van der Waals surface area contributed by atoms with Crippen LogP contribution in [-0.4, -0.2) is 26.0 Å². The van der Waals surface area contributed by atoms with Crippen LogP contribution in [0.4, 0.5) is 0 Å². The van der Waals surface area contributed by atoms with Crippen molar-refractivity contribution in [3.8, 4) is 5.75 Å². The Balaban J connectivity index is 2.09. The quantitative estimate of drug-likeness (QED) is 0.823. The second-order valence-corrected chi connectivity index (χ2v) is 4.60. The van der Waals surface area contributed by atoms with E-state index in [9.17, 15) is 0 Å². The number of benzene rings is 1. The number of likely N-dealkylation sites (N-methyl/N-ethyl adjacent to an activating group) is 1. The van der Waals surface area contributed by atoms with E-state index in [1.54, 1.807) is 7.11 Å². The van der Waals surface area contributed by atoms with Crippen molar-refractivity contribution in [1.82, 2.24) is 5.32 Å². The maximum Gasteiger partial charge on any atom is 0.118 e. The summed E-state index contributed by atoms with van der Waals surface area (Å²) in [6.07, 6.45) is 0. The van der Waals surface area contributed by atoms with Crippen LogP contribution in [0.2, 0.25) is 0 Å². The Morgan fingerprint density at radius 2 is 2.07 bits per heavy atom. The van der Waals surface area contributed by atoms with E-state index >= 15 is 0 Å². The molecule has 0 bridgehead atoms. The summed E-state index contributed by atoms with van der Waals surface area (Å²) in [5.41, 5.74) is 1.39. The average Bonchev–Trinajstić information content (AvgIpc) is 2.18. The Morgan fingerprint density at radius 3 is 2.50 bits per heavy atom. The van der Waals surface area contributed by atoms with Gasteiger partial charge in [-0.05, 0) is 24.7 Å². The molecule has 2 nitrogen and oxygen atoms in total. The summed E-state index contributed by atoms with van der Waals surface area (Å²) >= 11 is 2.00. The molecule has 2 unspecified atom stereocenters. The van der Waals surface area contributed by atoms with Crippen LogP contribution in [-0.2, 0) is 0 Å². The third-order valence-electron chi connectivity index (χ3n) is 2.64. The topological polar surface area (TPSA) is 21.3 Å². The lowest BCUT2D eigenvalue weighted by Gasteiger charge is -2.36. The first-order chi connectivity index (χ1) is 6.85.